The zero-order chi connectivity index (χ0) is 24.2. The largest absolute Gasteiger partial charge is 0.493 e. The van der Waals surface area contributed by atoms with E-state index < -0.39 is 22.7 Å². The van der Waals surface area contributed by atoms with E-state index in [1.807, 2.05) is 12.1 Å². The lowest BCUT2D eigenvalue weighted by molar-refractivity contribution is -0.233. The van der Waals surface area contributed by atoms with Crippen LogP contribution in [0.4, 0.5) is 0 Å². The van der Waals surface area contributed by atoms with Gasteiger partial charge in [-0.2, -0.15) is 0 Å². The van der Waals surface area contributed by atoms with Crippen LogP contribution in [-0.2, 0) is 24.8 Å². The van der Waals surface area contributed by atoms with Crippen molar-refractivity contribution < 1.29 is 38.0 Å². The van der Waals surface area contributed by atoms with Gasteiger partial charge in [0.15, 0.2) is 23.0 Å². The van der Waals surface area contributed by atoms with Crippen LogP contribution in [0.2, 0.25) is 0 Å². The van der Waals surface area contributed by atoms with Crippen LogP contribution in [0, 0.1) is 0 Å². The molecule has 0 spiro atoms. The van der Waals surface area contributed by atoms with E-state index in [9.17, 15) is 4.79 Å². The zero-order valence-corrected chi connectivity index (χ0v) is 20.9. The Morgan fingerprint density at radius 2 is 1.58 bits per heavy atom. The topological polar surface area (TPSA) is 81.7 Å². The molecule has 1 heterocycles. The maximum absolute atomic E-state index is 11.7. The molecule has 178 valence electrons. The number of carbonyl (C=O) groups is 1. The van der Waals surface area contributed by atoms with Gasteiger partial charge in [-0.3, -0.25) is 0 Å². The molecule has 0 saturated heterocycles. The standard InChI is InChI=1S/C24H27BrO8/c1-27-16-10-8-15(13-18(16)29-3)21-23(25)24(31-5,32-6)20-14(9-12-19(26)30-4)7-11-17(28-2)22(20)33-21/h7-13,21,23H,1-6H3/b12-9+. The summed E-state index contributed by atoms with van der Waals surface area (Å²) in [7, 11) is 9.11. The second-order valence-corrected chi connectivity index (χ2v) is 8.03. The van der Waals surface area contributed by atoms with Gasteiger partial charge in [-0.1, -0.05) is 28.1 Å². The Morgan fingerprint density at radius 1 is 0.939 bits per heavy atom. The average molecular weight is 523 g/mol. The third kappa shape index (κ3) is 4.40. The van der Waals surface area contributed by atoms with Crippen molar-refractivity contribution in [3.63, 3.8) is 0 Å². The van der Waals surface area contributed by atoms with Crippen LogP contribution in [0.15, 0.2) is 36.4 Å². The van der Waals surface area contributed by atoms with Gasteiger partial charge in [-0.15, -0.1) is 0 Å². The molecular weight excluding hydrogens is 496 g/mol. The first-order valence-corrected chi connectivity index (χ1v) is 10.9. The Morgan fingerprint density at radius 3 is 2.15 bits per heavy atom. The van der Waals surface area contributed by atoms with Gasteiger partial charge in [0, 0.05) is 20.3 Å². The molecule has 0 bridgehead atoms. The molecule has 3 rings (SSSR count). The highest BCUT2D eigenvalue weighted by Crippen LogP contribution is 2.55. The minimum Gasteiger partial charge on any atom is -0.493 e. The van der Waals surface area contributed by atoms with E-state index in [2.05, 4.69) is 15.9 Å². The summed E-state index contributed by atoms with van der Waals surface area (Å²) in [5.74, 6) is 0.311. The lowest BCUT2D eigenvalue weighted by atomic mass is 9.87. The second kappa shape index (κ2) is 10.5. The Balaban J connectivity index is 2.23. The molecule has 0 saturated carbocycles. The summed E-state index contributed by atoms with van der Waals surface area (Å²) in [6.45, 7) is 0. The van der Waals surface area contributed by atoms with Gasteiger partial charge < -0.3 is 33.2 Å². The van der Waals surface area contributed by atoms with Crippen molar-refractivity contribution in [2.24, 2.45) is 0 Å². The van der Waals surface area contributed by atoms with Crippen molar-refractivity contribution in [3.8, 4) is 23.0 Å². The number of esters is 1. The number of rotatable bonds is 8. The number of benzene rings is 2. The van der Waals surface area contributed by atoms with Crippen molar-refractivity contribution in [3.05, 3.63) is 53.1 Å². The SMILES string of the molecule is COC(=O)/C=C/c1ccc(OC)c2c1C(OC)(OC)C(Br)C(c1ccc(OC)c(OC)c1)O2. The molecule has 1 aliphatic rings. The Kier molecular flexibility index (Phi) is 7.88. The monoisotopic (exact) mass is 522 g/mol. The van der Waals surface area contributed by atoms with Gasteiger partial charge in [-0.05, 0) is 35.4 Å². The fourth-order valence-corrected chi connectivity index (χ4v) is 4.90. The molecule has 0 radical (unpaired) electrons. The summed E-state index contributed by atoms with van der Waals surface area (Å²) < 4.78 is 39.6. The van der Waals surface area contributed by atoms with E-state index in [-0.39, 0.29) is 0 Å². The molecule has 2 atom stereocenters. The smallest absolute Gasteiger partial charge is 0.330 e. The van der Waals surface area contributed by atoms with Crippen molar-refractivity contribution >= 4 is 28.0 Å². The van der Waals surface area contributed by atoms with Crippen LogP contribution in [0.3, 0.4) is 0 Å². The lowest BCUT2D eigenvalue weighted by Crippen LogP contribution is -2.48. The first-order chi connectivity index (χ1) is 15.9. The molecule has 0 N–H and O–H groups in total. The third-order valence-electron chi connectivity index (χ3n) is 5.54. The van der Waals surface area contributed by atoms with Gasteiger partial charge in [-0.25, -0.2) is 4.79 Å². The predicted molar refractivity (Wildman–Crippen MR) is 125 cm³/mol. The third-order valence-corrected chi connectivity index (χ3v) is 6.62. The van der Waals surface area contributed by atoms with Gasteiger partial charge in [0.1, 0.15) is 10.9 Å². The molecule has 9 heteroatoms. The summed E-state index contributed by atoms with van der Waals surface area (Å²) in [5, 5.41) is 0. The fourth-order valence-electron chi connectivity index (χ4n) is 3.88. The quantitative estimate of drug-likeness (QED) is 0.220. The van der Waals surface area contributed by atoms with E-state index in [1.54, 1.807) is 59.8 Å². The molecule has 2 aromatic carbocycles. The molecule has 8 nitrogen and oxygen atoms in total. The summed E-state index contributed by atoms with van der Waals surface area (Å²) in [4.78, 5) is 11.2. The minimum absolute atomic E-state index is 0.434. The van der Waals surface area contributed by atoms with Crippen molar-refractivity contribution in [2.45, 2.75) is 16.7 Å². The fraction of sp³-hybridized carbons (Fsp3) is 0.375. The molecule has 0 amide bonds. The van der Waals surface area contributed by atoms with Gasteiger partial charge in [0.2, 0.25) is 5.79 Å². The number of hydrogen-bond donors (Lipinski definition) is 0. The van der Waals surface area contributed by atoms with Crippen LogP contribution in [-0.4, -0.2) is 53.5 Å². The highest BCUT2D eigenvalue weighted by Gasteiger charge is 2.53. The Labute approximate surface area is 201 Å². The van der Waals surface area contributed by atoms with E-state index >= 15 is 0 Å². The maximum atomic E-state index is 11.7. The van der Waals surface area contributed by atoms with E-state index in [1.165, 1.54) is 13.2 Å². The summed E-state index contributed by atoms with van der Waals surface area (Å²) in [5.41, 5.74) is 2.02. The molecule has 2 unspecified atom stereocenters. The number of hydrogen-bond acceptors (Lipinski definition) is 8. The molecule has 0 aliphatic carbocycles. The van der Waals surface area contributed by atoms with Crippen LogP contribution in [0.1, 0.15) is 22.8 Å². The van der Waals surface area contributed by atoms with E-state index in [4.69, 9.17) is 33.2 Å². The number of halogens is 1. The van der Waals surface area contributed by atoms with Gasteiger partial charge in [0.05, 0.1) is 34.0 Å². The Hall–Kier alpha value is -2.75. The number of fused-ring (bicyclic) bond motifs is 1. The molecular formula is C24H27BrO8. The highest BCUT2D eigenvalue weighted by molar-refractivity contribution is 9.09. The number of carbonyl (C=O) groups excluding carboxylic acids is 1. The van der Waals surface area contributed by atoms with E-state index in [0.29, 0.717) is 34.1 Å². The van der Waals surface area contributed by atoms with Crippen molar-refractivity contribution in [1.82, 2.24) is 0 Å². The minimum atomic E-state index is -1.28. The number of methoxy groups -OCH3 is 6. The Bertz CT molecular complexity index is 1030. The molecule has 33 heavy (non-hydrogen) atoms. The van der Waals surface area contributed by atoms with Crippen LogP contribution >= 0.6 is 15.9 Å². The molecule has 1 aliphatic heterocycles. The first-order valence-electron chi connectivity index (χ1n) is 10.0. The average Bonchev–Trinajstić information content (AvgIpc) is 2.86. The van der Waals surface area contributed by atoms with Crippen LogP contribution in [0.25, 0.3) is 6.08 Å². The molecule has 0 fully saturated rings. The summed E-state index contributed by atoms with van der Waals surface area (Å²) in [6.07, 6.45) is 2.39. The van der Waals surface area contributed by atoms with Crippen molar-refractivity contribution in [1.29, 1.82) is 0 Å². The summed E-state index contributed by atoms with van der Waals surface area (Å²) >= 11 is 3.76. The van der Waals surface area contributed by atoms with Gasteiger partial charge >= 0.3 is 5.97 Å². The highest BCUT2D eigenvalue weighted by atomic mass is 79.9. The number of ether oxygens (including phenoxy) is 7. The molecule has 0 aromatic heterocycles. The van der Waals surface area contributed by atoms with Crippen LogP contribution < -0.4 is 18.9 Å². The van der Waals surface area contributed by atoms with Crippen molar-refractivity contribution in [2.75, 3.05) is 42.7 Å². The predicted octanol–water partition coefficient (Wildman–Crippen LogP) is 4.24. The zero-order valence-electron chi connectivity index (χ0n) is 19.3. The first kappa shape index (κ1) is 24.9. The van der Waals surface area contributed by atoms with E-state index in [0.717, 1.165) is 5.56 Å². The lowest BCUT2D eigenvalue weighted by Gasteiger charge is -2.45. The second-order valence-electron chi connectivity index (χ2n) is 7.05. The normalized spacial score (nSPS) is 18.9. The van der Waals surface area contributed by atoms with Gasteiger partial charge in [0.25, 0.3) is 0 Å². The summed E-state index contributed by atoms with van der Waals surface area (Å²) in [6, 6.07) is 9.08. The number of alkyl halides is 1. The van der Waals surface area contributed by atoms with Crippen LogP contribution in [0.5, 0.6) is 23.0 Å². The molecule has 2 aromatic rings. The maximum Gasteiger partial charge on any atom is 0.330 e.